The van der Waals surface area contributed by atoms with Gasteiger partial charge in [-0.2, -0.15) is 0 Å². The van der Waals surface area contributed by atoms with E-state index in [1.165, 1.54) is 6.42 Å². The van der Waals surface area contributed by atoms with Gasteiger partial charge < -0.3 is 1.43 Å². The second-order valence-electron chi connectivity index (χ2n) is 4.20. The summed E-state index contributed by atoms with van der Waals surface area (Å²) in [6, 6.07) is 0. The molecule has 1 rings (SSSR count). The largest absolute Gasteiger partial charge is 1.00 e. The average molecular weight is 194 g/mol. The van der Waals surface area contributed by atoms with Crippen molar-refractivity contribution in [2.45, 2.75) is 40.0 Å². The molecule has 0 radical (unpaired) electrons. The van der Waals surface area contributed by atoms with Crippen molar-refractivity contribution in [2.75, 3.05) is 0 Å². The minimum atomic E-state index is 0. The standard InChI is InChI=1S/C10H18O.K.H/c1-7(2)9-5-4-8(3)6-10(9)11;;/h7-9H,4-6H2,1-3H3;;/q;+1;-1. The van der Waals surface area contributed by atoms with Gasteiger partial charge in [0.2, 0.25) is 0 Å². The molecule has 1 fully saturated rings. The molecule has 1 aliphatic carbocycles. The molecule has 1 aliphatic rings. The van der Waals surface area contributed by atoms with E-state index in [0.717, 1.165) is 12.8 Å². The van der Waals surface area contributed by atoms with Crippen LogP contribution in [0.1, 0.15) is 41.5 Å². The van der Waals surface area contributed by atoms with Gasteiger partial charge >= 0.3 is 51.4 Å². The van der Waals surface area contributed by atoms with Crippen LogP contribution in [0.2, 0.25) is 0 Å². The molecule has 2 unspecified atom stereocenters. The van der Waals surface area contributed by atoms with Gasteiger partial charge in [0.15, 0.2) is 0 Å². The summed E-state index contributed by atoms with van der Waals surface area (Å²) in [5.74, 6) is 2.05. The predicted octanol–water partition coefficient (Wildman–Crippen LogP) is -0.236. The number of hydrogen-bond donors (Lipinski definition) is 0. The van der Waals surface area contributed by atoms with Crippen LogP contribution in [0.4, 0.5) is 0 Å². The Labute approximate surface area is 120 Å². The molecular formula is C10H19KO. The number of rotatable bonds is 1. The molecule has 0 aliphatic heterocycles. The zero-order valence-electron chi connectivity index (χ0n) is 9.76. The van der Waals surface area contributed by atoms with Gasteiger partial charge in [-0.15, -0.1) is 0 Å². The summed E-state index contributed by atoms with van der Waals surface area (Å²) in [6.45, 7) is 6.48. The molecule has 0 aromatic heterocycles. The van der Waals surface area contributed by atoms with Crippen molar-refractivity contribution < 1.29 is 57.6 Å². The molecule has 12 heavy (non-hydrogen) atoms. The van der Waals surface area contributed by atoms with Crippen LogP contribution in [-0.2, 0) is 4.79 Å². The van der Waals surface area contributed by atoms with Crippen molar-refractivity contribution in [1.82, 2.24) is 0 Å². The SMILES string of the molecule is CC1CCC(C(C)C)C(=O)C1.[H-].[K+]. The number of hydrogen-bond acceptors (Lipinski definition) is 1. The number of Topliss-reactive ketones (excluding diaryl/α,β-unsaturated/α-hetero) is 1. The Balaban J connectivity index is 0. The van der Waals surface area contributed by atoms with E-state index in [-0.39, 0.29) is 52.8 Å². The number of carbonyl (C=O) groups excluding carboxylic acids is 1. The first-order valence-corrected chi connectivity index (χ1v) is 4.64. The second kappa shape index (κ2) is 5.92. The minimum absolute atomic E-state index is 0. The predicted molar refractivity (Wildman–Crippen MR) is 47.5 cm³/mol. The summed E-state index contributed by atoms with van der Waals surface area (Å²) in [5.41, 5.74) is 0. The van der Waals surface area contributed by atoms with Crippen LogP contribution in [-0.4, -0.2) is 5.78 Å². The smallest absolute Gasteiger partial charge is 1.00 e. The van der Waals surface area contributed by atoms with Crippen LogP contribution in [0, 0.1) is 17.8 Å². The number of carbonyl (C=O) groups is 1. The third kappa shape index (κ3) is 3.58. The second-order valence-corrected chi connectivity index (χ2v) is 4.20. The first-order valence-electron chi connectivity index (χ1n) is 4.64. The van der Waals surface area contributed by atoms with Gasteiger partial charge in [0.1, 0.15) is 5.78 Å². The van der Waals surface area contributed by atoms with Crippen LogP contribution >= 0.6 is 0 Å². The first-order chi connectivity index (χ1) is 5.11. The van der Waals surface area contributed by atoms with Gasteiger partial charge in [-0.1, -0.05) is 20.8 Å². The van der Waals surface area contributed by atoms with Crippen molar-refractivity contribution in [1.29, 1.82) is 0 Å². The molecule has 0 heterocycles. The summed E-state index contributed by atoms with van der Waals surface area (Å²) in [4.78, 5) is 11.4. The van der Waals surface area contributed by atoms with Gasteiger partial charge in [0, 0.05) is 12.3 Å². The maximum Gasteiger partial charge on any atom is 1.00 e. The van der Waals surface area contributed by atoms with E-state index >= 15 is 0 Å². The van der Waals surface area contributed by atoms with E-state index in [1.54, 1.807) is 0 Å². The summed E-state index contributed by atoms with van der Waals surface area (Å²) in [6.07, 6.45) is 3.19. The molecule has 0 saturated heterocycles. The van der Waals surface area contributed by atoms with Crippen LogP contribution in [0.25, 0.3) is 0 Å². The molecule has 1 nitrogen and oxygen atoms in total. The third-order valence-corrected chi connectivity index (χ3v) is 2.74. The van der Waals surface area contributed by atoms with Crippen LogP contribution in [0.5, 0.6) is 0 Å². The van der Waals surface area contributed by atoms with Crippen LogP contribution < -0.4 is 51.4 Å². The Bertz CT molecular complexity index is 159. The van der Waals surface area contributed by atoms with Gasteiger partial charge in [0.25, 0.3) is 0 Å². The molecule has 2 heteroatoms. The maximum atomic E-state index is 11.4. The zero-order chi connectivity index (χ0) is 8.43. The molecule has 66 valence electrons. The summed E-state index contributed by atoms with van der Waals surface area (Å²) >= 11 is 0. The molecule has 0 spiro atoms. The van der Waals surface area contributed by atoms with E-state index in [4.69, 9.17) is 0 Å². The summed E-state index contributed by atoms with van der Waals surface area (Å²) in [5, 5.41) is 0. The van der Waals surface area contributed by atoms with E-state index in [2.05, 4.69) is 20.8 Å². The van der Waals surface area contributed by atoms with Gasteiger partial charge in [-0.05, 0) is 24.7 Å². The molecule has 0 amide bonds. The molecule has 0 aromatic rings. The fourth-order valence-corrected chi connectivity index (χ4v) is 1.93. The molecule has 0 aromatic carbocycles. The van der Waals surface area contributed by atoms with Crippen molar-refractivity contribution in [2.24, 2.45) is 17.8 Å². The van der Waals surface area contributed by atoms with E-state index in [9.17, 15) is 4.79 Å². The van der Waals surface area contributed by atoms with Gasteiger partial charge in [-0.25, -0.2) is 0 Å². The molecule has 1 saturated carbocycles. The van der Waals surface area contributed by atoms with Crippen LogP contribution in [0.15, 0.2) is 0 Å². The Morgan fingerprint density at radius 2 is 2.00 bits per heavy atom. The third-order valence-electron chi connectivity index (χ3n) is 2.74. The number of ketones is 1. The monoisotopic (exact) mass is 194 g/mol. The Morgan fingerprint density at radius 1 is 1.42 bits per heavy atom. The average Bonchev–Trinajstić information content (AvgIpc) is 1.85. The summed E-state index contributed by atoms with van der Waals surface area (Å²) < 4.78 is 0. The van der Waals surface area contributed by atoms with Crippen molar-refractivity contribution in [3.63, 3.8) is 0 Å². The molecule has 0 N–H and O–H groups in total. The molecule has 2 atom stereocenters. The first kappa shape index (κ1) is 13.3. The Kier molecular flexibility index (Phi) is 6.56. The normalized spacial score (nSPS) is 30.2. The fraction of sp³-hybridized carbons (Fsp3) is 0.900. The topological polar surface area (TPSA) is 17.1 Å². The van der Waals surface area contributed by atoms with Gasteiger partial charge in [-0.3, -0.25) is 4.79 Å². The van der Waals surface area contributed by atoms with Crippen molar-refractivity contribution in [3.8, 4) is 0 Å². The minimum Gasteiger partial charge on any atom is -1.00 e. The van der Waals surface area contributed by atoms with E-state index in [1.807, 2.05) is 0 Å². The van der Waals surface area contributed by atoms with Crippen molar-refractivity contribution >= 4 is 5.78 Å². The Morgan fingerprint density at radius 3 is 2.42 bits per heavy atom. The van der Waals surface area contributed by atoms with E-state index in [0.29, 0.717) is 23.5 Å². The summed E-state index contributed by atoms with van der Waals surface area (Å²) in [7, 11) is 0. The maximum absolute atomic E-state index is 11.4. The fourth-order valence-electron chi connectivity index (χ4n) is 1.93. The Hall–Kier alpha value is 1.31. The quantitative estimate of drug-likeness (QED) is 0.527. The van der Waals surface area contributed by atoms with E-state index < -0.39 is 0 Å². The molecular weight excluding hydrogens is 175 g/mol. The zero-order valence-corrected chi connectivity index (χ0v) is 11.9. The van der Waals surface area contributed by atoms with Gasteiger partial charge in [0.05, 0.1) is 0 Å². The van der Waals surface area contributed by atoms with Crippen molar-refractivity contribution in [3.05, 3.63) is 0 Å². The molecule has 0 bridgehead atoms. The van der Waals surface area contributed by atoms with Crippen LogP contribution in [0.3, 0.4) is 0 Å².